The minimum atomic E-state index is -0.254. The van der Waals surface area contributed by atoms with Crippen molar-refractivity contribution in [1.29, 1.82) is 0 Å². The van der Waals surface area contributed by atoms with E-state index in [4.69, 9.17) is 0 Å². The summed E-state index contributed by atoms with van der Waals surface area (Å²) >= 11 is 1.27. The van der Waals surface area contributed by atoms with Gasteiger partial charge in [-0.2, -0.15) is 0 Å². The highest BCUT2D eigenvalue weighted by molar-refractivity contribution is 7.13. The number of amides is 2. The summed E-state index contributed by atoms with van der Waals surface area (Å²) in [6.07, 6.45) is 3.89. The van der Waals surface area contributed by atoms with Crippen LogP contribution in [0.1, 0.15) is 53.0 Å². The minimum Gasteiger partial charge on any atom is -0.356 e. The SMILES string of the molecule is CCCCNC(=O)CCCc1nnc(C(=O)Nc2ccccc2C)s1. The van der Waals surface area contributed by atoms with Gasteiger partial charge in [-0.05, 0) is 31.4 Å². The van der Waals surface area contributed by atoms with Gasteiger partial charge >= 0.3 is 0 Å². The van der Waals surface area contributed by atoms with Crippen LogP contribution in [-0.4, -0.2) is 28.6 Å². The van der Waals surface area contributed by atoms with Gasteiger partial charge in [0.15, 0.2) is 0 Å². The van der Waals surface area contributed by atoms with Gasteiger partial charge in [0.2, 0.25) is 10.9 Å². The first-order chi connectivity index (χ1) is 12.1. The summed E-state index contributed by atoms with van der Waals surface area (Å²) in [5.41, 5.74) is 1.77. The molecule has 0 aliphatic carbocycles. The zero-order valence-electron chi connectivity index (χ0n) is 14.7. The Labute approximate surface area is 152 Å². The first kappa shape index (κ1) is 19.1. The molecule has 0 saturated carbocycles. The Morgan fingerprint density at radius 3 is 2.72 bits per heavy atom. The number of aromatic nitrogens is 2. The zero-order valence-corrected chi connectivity index (χ0v) is 15.5. The van der Waals surface area contributed by atoms with Gasteiger partial charge in [0.25, 0.3) is 5.91 Å². The van der Waals surface area contributed by atoms with Crippen molar-refractivity contribution in [1.82, 2.24) is 15.5 Å². The normalized spacial score (nSPS) is 10.5. The van der Waals surface area contributed by atoms with Gasteiger partial charge in [0.05, 0.1) is 0 Å². The molecule has 0 radical (unpaired) electrons. The minimum absolute atomic E-state index is 0.0653. The molecule has 0 saturated heterocycles. The van der Waals surface area contributed by atoms with Crippen molar-refractivity contribution < 1.29 is 9.59 Å². The molecule has 1 aromatic carbocycles. The van der Waals surface area contributed by atoms with Crippen LogP contribution in [0.25, 0.3) is 0 Å². The molecule has 0 fully saturated rings. The molecule has 1 aromatic heterocycles. The Morgan fingerprint density at radius 1 is 1.16 bits per heavy atom. The molecular formula is C18H24N4O2S. The summed E-state index contributed by atoms with van der Waals surface area (Å²) in [6, 6.07) is 7.59. The third-order valence-electron chi connectivity index (χ3n) is 3.70. The van der Waals surface area contributed by atoms with E-state index in [1.165, 1.54) is 11.3 Å². The Bertz CT molecular complexity index is 715. The summed E-state index contributed by atoms with van der Waals surface area (Å²) in [4.78, 5) is 23.9. The number of unbranched alkanes of at least 4 members (excludes halogenated alkanes) is 1. The van der Waals surface area contributed by atoms with Gasteiger partial charge in [-0.25, -0.2) is 0 Å². The fraction of sp³-hybridized carbons (Fsp3) is 0.444. The number of carbonyl (C=O) groups is 2. The Balaban J connectivity index is 1.78. The highest BCUT2D eigenvalue weighted by atomic mass is 32.1. The van der Waals surface area contributed by atoms with Crippen LogP contribution in [0.2, 0.25) is 0 Å². The smallest absolute Gasteiger partial charge is 0.286 e. The standard InChI is InChI=1S/C18H24N4O2S/c1-3-4-12-19-15(23)10-7-11-16-21-22-18(25-16)17(24)20-14-9-6-5-8-13(14)2/h5-6,8-9H,3-4,7,10-12H2,1-2H3,(H,19,23)(H,20,24). The molecule has 0 aliphatic heterocycles. The highest BCUT2D eigenvalue weighted by Crippen LogP contribution is 2.17. The molecule has 0 unspecified atom stereocenters. The first-order valence-electron chi connectivity index (χ1n) is 8.56. The summed E-state index contributed by atoms with van der Waals surface area (Å²) in [5, 5.41) is 14.9. The maximum atomic E-state index is 12.2. The van der Waals surface area contributed by atoms with Crippen LogP contribution in [0, 0.1) is 6.92 Å². The highest BCUT2D eigenvalue weighted by Gasteiger charge is 2.14. The molecule has 0 bridgehead atoms. The van der Waals surface area contributed by atoms with E-state index in [0.29, 0.717) is 24.3 Å². The van der Waals surface area contributed by atoms with Gasteiger partial charge in [0.1, 0.15) is 5.01 Å². The van der Waals surface area contributed by atoms with Crippen molar-refractivity contribution in [3.8, 4) is 0 Å². The lowest BCUT2D eigenvalue weighted by atomic mass is 10.2. The maximum Gasteiger partial charge on any atom is 0.286 e. The van der Waals surface area contributed by atoms with Crippen molar-refractivity contribution in [3.63, 3.8) is 0 Å². The molecular weight excluding hydrogens is 336 g/mol. The van der Waals surface area contributed by atoms with Gasteiger partial charge in [-0.15, -0.1) is 10.2 Å². The van der Waals surface area contributed by atoms with E-state index in [1.54, 1.807) is 0 Å². The second-order valence-corrected chi connectivity index (χ2v) is 6.89. The van der Waals surface area contributed by atoms with Gasteiger partial charge < -0.3 is 10.6 Å². The Kier molecular flexibility index (Phi) is 7.53. The van der Waals surface area contributed by atoms with Crippen LogP contribution >= 0.6 is 11.3 Å². The van der Waals surface area contributed by atoms with Crippen LogP contribution in [0.15, 0.2) is 24.3 Å². The largest absolute Gasteiger partial charge is 0.356 e. The molecule has 0 aliphatic rings. The molecule has 7 heteroatoms. The third kappa shape index (κ3) is 6.26. The van der Waals surface area contributed by atoms with E-state index in [0.717, 1.165) is 35.6 Å². The number of nitrogens with one attached hydrogen (secondary N) is 2. The molecule has 2 aromatic rings. The number of rotatable bonds is 9. The summed E-state index contributed by atoms with van der Waals surface area (Å²) < 4.78 is 0. The monoisotopic (exact) mass is 360 g/mol. The van der Waals surface area contributed by atoms with Crippen molar-refractivity contribution in [2.24, 2.45) is 0 Å². The first-order valence-corrected chi connectivity index (χ1v) is 9.38. The predicted octanol–water partition coefficient (Wildman–Crippen LogP) is 3.34. The van der Waals surface area contributed by atoms with Crippen LogP contribution < -0.4 is 10.6 Å². The molecule has 0 spiro atoms. The summed E-state index contributed by atoms with van der Waals surface area (Å²) in [7, 11) is 0. The predicted molar refractivity (Wildman–Crippen MR) is 99.9 cm³/mol. The number of nitrogens with zero attached hydrogens (tertiary/aromatic N) is 2. The average Bonchev–Trinajstić information content (AvgIpc) is 3.06. The van der Waals surface area contributed by atoms with E-state index in [1.807, 2.05) is 31.2 Å². The lowest BCUT2D eigenvalue weighted by Gasteiger charge is -2.05. The molecule has 6 nitrogen and oxygen atoms in total. The lowest BCUT2D eigenvalue weighted by molar-refractivity contribution is -0.121. The van der Waals surface area contributed by atoms with Gasteiger partial charge in [0, 0.05) is 25.1 Å². The molecule has 0 atom stereocenters. The van der Waals surface area contributed by atoms with Crippen LogP contribution in [0.5, 0.6) is 0 Å². The second kappa shape index (κ2) is 9.88. The number of anilines is 1. The van der Waals surface area contributed by atoms with Gasteiger partial charge in [-0.3, -0.25) is 9.59 Å². The Hall–Kier alpha value is -2.28. The van der Waals surface area contributed by atoms with E-state index < -0.39 is 0 Å². The topological polar surface area (TPSA) is 84.0 Å². The van der Waals surface area contributed by atoms with E-state index >= 15 is 0 Å². The fourth-order valence-corrected chi connectivity index (χ4v) is 3.01. The van der Waals surface area contributed by atoms with Crippen molar-refractivity contribution >= 4 is 28.8 Å². The zero-order chi connectivity index (χ0) is 18.1. The lowest BCUT2D eigenvalue weighted by Crippen LogP contribution is -2.23. The molecule has 25 heavy (non-hydrogen) atoms. The van der Waals surface area contributed by atoms with Gasteiger partial charge in [-0.1, -0.05) is 42.9 Å². The number of aryl methyl sites for hydroxylation is 2. The van der Waals surface area contributed by atoms with Crippen molar-refractivity contribution in [2.75, 3.05) is 11.9 Å². The van der Waals surface area contributed by atoms with Crippen LogP contribution in [-0.2, 0) is 11.2 Å². The number of hydrogen-bond acceptors (Lipinski definition) is 5. The molecule has 2 rings (SSSR count). The molecule has 1 heterocycles. The number of para-hydroxylation sites is 1. The van der Waals surface area contributed by atoms with E-state index in [9.17, 15) is 9.59 Å². The Morgan fingerprint density at radius 2 is 1.96 bits per heavy atom. The summed E-state index contributed by atoms with van der Waals surface area (Å²) in [6.45, 7) is 4.76. The fourth-order valence-electron chi connectivity index (χ4n) is 2.23. The quantitative estimate of drug-likeness (QED) is 0.672. The third-order valence-corrected chi connectivity index (χ3v) is 4.68. The molecule has 2 N–H and O–H groups in total. The number of benzene rings is 1. The van der Waals surface area contributed by atoms with Crippen molar-refractivity contribution in [2.45, 2.75) is 46.0 Å². The van der Waals surface area contributed by atoms with E-state index in [-0.39, 0.29) is 11.8 Å². The molecule has 134 valence electrons. The second-order valence-electron chi connectivity index (χ2n) is 5.83. The summed E-state index contributed by atoms with van der Waals surface area (Å²) in [5.74, 6) is -0.189. The maximum absolute atomic E-state index is 12.2. The van der Waals surface area contributed by atoms with E-state index in [2.05, 4.69) is 27.8 Å². The number of carbonyl (C=O) groups excluding carboxylic acids is 2. The van der Waals surface area contributed by atoms with Crippen molar-refractivity contribution in [3.05, 3.63) is 39.8 Å². The molecule has 2 amide bonds. The number of hydrogen-bond donors (Lipinski definition) is 2. The van der Waals surface area contributed by atoms with Crippen LogP contribution in [0.4, 0.5) is 5.69 Å². The van der Waals surface area contributed by atoms with Crippen LogP contribution in [0.3, 0.4) is 0 Å². The average molecular weight is 360 g/mol.